The van der Waals surface area contributed by atoms with Gasteiger partial charge in [-0.3, -0.25) is 4.79 Å². The first-order chi connectivity index (χ1) is 12.7. The molecule has 0 heterocycles. The molecule has 3 saturated carbocycles. The Labute approximate surface area is 162 Å². The lowest BCUT2D eigenvalue weighted by Crippen LogP contribution is -2.60. The molecule has 0 amide bonds. The van der Waals surface area contributed by atoms with Crippen LogP contribution in [-0.4, -0.2) is 34.5 Å². The number of carbonyl (C=O) groups is 1. The van der Waals surface area contributed by atoms with Crippen LogP contribution in [0.5, 0.6) is 0 Å². The van der Waals surface area contributed by atoms with E-state index < -0.39 is 11.7 Å². The topological polar surface area (TPSA) is 66.8 Å². The van der Waals surface area contributed by atoms with Crippen molar-refractivity contribution in [2.24, 2.45) is 34.5 Å². The highest BCUT2D eigenvalue weighted by Gasteiger charge is 2.66. The number of allylic oxidation sites excluding steroid dienone is 4. The van der Waals surface area contributed by atoms with Crippen molar-refractivity contribution in [2.45, 2.75) is 71.0 Å². The predicted molar refractivity (Wildman–Crippen MR) is 104 cm³/mol. The van der Waals surface area contributed by atoms with Crippen LogP contribution in [0.15, 0.2) is 24.3 Å². The van der Waals surface area contributed by atoms with E-state index in [0.717, 1.165) is 25.7 Å². The molecule has 0 radical (unpaired) electrons. The Morgan fingerprint density at radius 1 is 1.22 bits per heavy atom. The minimum atomic E-state index is -0.862. The van der Waals surface area contributed by atoms with Gasteiger partial charge in [0.25, 0.3) is 0 Å². The minimum Gasteiger partial charge on any atom is -0.466 e. The van der Waals surface area contributed by atoms with Gasteiger partial charge >= 0.3 is 5.97 Å². The predicted octanol–water partition coefficient (Wildman–Crippen LogP) is 3.63. The molecule has 0 saturated heterocycles. The Kier molecular flexibility index (Phi) is 4.59. The van der Waals surface area contributed by atoms with Crippen molar-refractivity contribution in [1.29, 1.82) is 0 Å². The monoisotopic (exact) mass is 374 g/mol. The molecule has 150 valence electrons. The number of carbonyl (C=O) groups excluding carboxylic acids is 1. The molecule has 8 atom stereocenters. The summed E-state index contributed by atoms with van der Waals surface area (Å²) in [6.07, 6.45) is 13.6. The van der Waals surface area contributed by atoms with E-state index in [-0.39, 0.29) is 29.3 Å². The summed E-state index contributed by atoms with van der Waals surface area (Å²) in [4.78, 5) is 11.1. The zero-order chi connectivity index (χ0) is 19.4. The van der Waals surface area contributed by atoms with Gasteiger partial charge in [0.15, 0.2) is 0 Å². The van der Waals surface area contributed by atoms with Crippen molar-refractivity contribution in [2.75, 3.05) is 6.61 Å². The average molecular weight is 375 g/mol. The first-order valence-electron chi connectivity index (χ1n) is 10.6. The normalized spacial score (nSPS) is 50.6. The van der Waals surface area contributed by atoms with Crippen LogP contribution in [0.2, 0.25) is 0 Å². The van der Waals surface area contributed by atoms with E-state index in [0.29, 0.717) is 30.6 Å². The third-order valence-corrected chi connectivity index (χ3v) is 8.84. The Balaban J connectivity index is 1.61. The molecule has 3 fully saturated rings. The molecule has 4 rings (SSSR count). The summed E-state index contributed by atoms with van der Waals surface area (Å²) in [6.45, 7) is 6.15. The molecule has 0 aromatic heterocycles. The molecule has 2 N–H and O–H groups in total. The second-order valence-electron chi connectivity index (χ2n) is 9.94. The van der Waals surface area contributed by atoms with Crippen LogP contribution in [0.3, 0.4) is 0 Å². The second-order valence-corrected chi connectivity index (χ2v) is 9.94. The molecule has 27 heavy (non-hydrogen) atoms. The Morgan fingerprint density at radius 3 is 2.74 bits per heavy atom. The van der Waals surface area contributed by atoms with Crippen LogP contribution >= 0.6 is 0 Å². The summed E-state index contributed by atoms with van der Waals surface area (Å²) in [5.74, 6) is 1.33. The van der Waals surface area contributed by atoms with Gasteiger partial charge in [0.2, 0.25) is 0 Å². The SMILES string of the molecule is CC(=O)OCC[C@@]1(O)CC[C@H]2[C@@H]3CCC4C=CC=C[C@]4(C)[C@H]3C(O)C[C@@]21C. The summed E-state index contributed by atoms with van der Waals surface area (Å²) in [6, 6.07) is 0. The molecule has 4 aliphatic carbocycles. The maximum Gasteiger partial charge on any atom is 0.302 e. The summed E-state index contributed by atoms with van der Waals surface area (Å²) < 4.78 is 5.14. The number of esters is 1. The van der Waals surface area contributed by atoms with Crippen LogP contribution in [0, 0.1) is 34.5 Å². The molecule has 2 unspecified atom stereocenters. The number of aliphatic hydroxyl groups excluding tert-OH is 1. The standard InChI is InChI=1S/C23H34O4/c1-15(24)27-13-12-23(26)11-9-18-17-8-7-16-6-4-5-10-21(16,2)20(17)19(25)14-22(18,23)3/h4-6,10,16-20,25-26H,7-9,11-14H2,1-3H3/t16?,17-,18-,19?,20+,21-,22-,23-/m0/s1. The summed E-state index contributed by atoms with van der Waals surface area (Å²) >= 11 is 0. The smallest absolute Gasteiger partial charge is 0.302 e. The molecule has 4 nitrogen and oxygen atoms in total. The van der Waals surface area contributed by atoms with Crippen LogP contribution in [-0.2, 0) is 9.53 Å². The van der Waals surface area contributed by atoms with Crippen molar-refractivity contribution in [3.8, 4) is 0 Å². The quantitative estimate of drug-likeness (QED) is 0.741. The molecule has 0 spiro atoms. The van der Waals surface area contributed by atoms with E-state index >= 15 is 0 Å². The van der Waals surface area contributed by atoms with Crippen LogP contribution < -0.4 is 0 Å². The Bertz CT molecular complexity index is 669. The third kappa shape index (κ3) is 2.74. The van der Waals surface area contributed by atoms with Gasteiger partial charge in [0.1, 0.15) is 0 Å². The summed E-state index contributed by atoms with van der Waals surface area (Å²) in [5, 5.41) is 22.8. The van der Waals surface area contributed by atoms with Crippen molar-refractivity contribution >= 4 is 5.97 Å². The fourth-order valence-electron chi connectivity index (χ4n) is 7.43. The van der Waals surface area contributed by atoms with Crippen molar-refractivity contribution < 1.29 is 19.7 Å². The van der Waals surface area contributed by atoms with Gasteiger partial charge in [0, 0.05) is 18.8 Å². The molecule has 0 bridgehead atoms. The molecule has 0 aromatic rings. The highest BCUT2D eigenvalue weighted by Crippen LogP contribution is 2.67. The van der Waals surface area contributed by atoms with Gasteiger partial charge in [-0.25, -0.2) is 0 Å². The molecule has 0 aliphatic heterocycles. The molecular weight excluding hydrogens is 340 g/mol. The van der Waals surface area contributed by atoms with E-state index in [1.165, 1.54) is 6.92 Å². The van der Waals surface area contributed by atoms with E-state index in [1.807, 2.05) is 0 Å². The van der Waals surface area contributed by atoms with Gasteiger partial charge < -0.3 is 14.9 Å². The highest BCUT2D eigenvalue weighted by molar-refractivity contribution is 5.65. The number of aliphatic hydroxyl groups is 2. The van der Waals surface area contributed by atoms with Crippen molar-refractivity contribution in [3.63, 3.8) is 0 Å². The maximum absolute atomic E-state index is 11.5. The Morgan fingerprint density at radius 2 is 2.00 bits per heavy atom. The minimum absolute atomic E-state index is 0.0108. The van der Waals surface area contributed by atoms with Crippen LogP contribution in [0.25, 0.3) is 0 Å². The first-order valence-corrected chi connectivity index (χ1v) is 10.6. The largest absolute Gasteiger partial charge is 0.466 e. The van der Waals surface area contributed by atoms with Gasteiger partial charge in [-0.05, 0) is 61.2 Å². The molecule has 4 aliphatic rings. The van der Waals surface area contributed by atoms with E-state index in [1.54, 1.807) is 0 Å². The van der Waals surface area contributed by atoms with E-state index in [4.69, 9.17) is 4.74 Å². The number of rotatable bonds is 3. The number of hydrogen-bond acceptors (Lipinski definition) is 4. The molecular formula is C23H34O4. The summed E-state index contributed by atoms with van der Waals surface area (Å²) in [7, 11) is 0. The number of hydrogen-bond donors (Lipinski definition) is 2. The lowest BCUT2D eigenvalue weighted by Gasteiger charge is -2.61. The maximum atomic E-state index is 11.5. The average Bonchev–Trinajstić information content (AvgIpc) is 2.84. The Hall–Kier alpha value is -1.13. The third-order valence-electron chi connectivity index (χ3n) is 8.84. The van der Waals surface area contributed by atoms with Crippen molar-refractivity contribution in [3.05, 3.63) is 24.3 Å². The van der Waals surface area contributed by atoms with Gasteiger partial charge in [-0.15, -0.1) is 0 Å². The van der Waals surface area contributed by atoms with Crippen molar-refractivity contribution in [1.82, 2.24) is 0 Å². The second kappa shape index (κ2) is 6.45. The lowest BCUT2D eigenvalue weighted by atomic mass is 9.45. The fraction of sp³-hybridized carbons (Fsp3) is 0.783. The lowest BCUT2D eigenvalue weighted by molar-refractivity contribution is -0.182. The van der Waals surface area contributed by atoms with Crippen LogP contribution in [0.1, 0.15) is 59.3 Å². The number of fused-ring (bicyclic) bond motifs is 5. The van der Waals surface area contributed by atoms with E-state index in [2.05, 4.69) is 38.2 Å². The highest BCUT2D eigenvalue weighted by atomic mass is 16.5. The van der Waals surface area contributed by atoms with Gasteiger partial charge in [-0.2, -0.15) is 0 Å². The van der Waals surface area contributed by atoms with Gasteiger partial charge in [-0.1, -0.05) is 38.2 Å². The van der Waals surface area contributed by atoms with Crippen LogP contribution in [0.4, 0.5) is 0 Å². The number of ether oxygens (including phenoxy) is 1. The molecule has 4 heteroatoms. The summed E-state index contributed by atoms with van der Waals surface area (Å²) in [5.41, 5.74) is -1.17. The van der Waals surface area contributed by atoms with E-state index in [9.17, 15) is 15.0 Å². The molecule has 0 aromatic carbocycles. The van der Waals surface area contributed by atoms with Gasteiger partial charge in [0.05, 0.1) is 18.3 Å². The fourth-order valence-corrected chi connectivity index (χ4v) is 7.43. The first kappa shape index (κ1) is 19.2. The zero-order valence-electron chi connectivity index (χ0n) is 16.9. The zero-order valence-corrected chi connectivity index (χ0v) is 16.9.